The number of nitrogens with zero attached hydrogens (tertiary/aromatic N) is 2. The molecule has 6 rings (SSSR count). The number of anilines is 1. The van der Waals surface area contributed by atoms with Crippen LogP contribution in [0.1, 0.15) is 58.8 Å². The molecule has 1 amide bonds. The Balaban J connectivity index is 1.65. The molecule has 0 aliphatic carbocycles. The number of aromatic nitrogens is 1. The molecule has 0 spiro atoms. The SMILES string of the molecule is Cc1cc(N2C(=O)c3oc4c(ccc5ccccc54)c(=O)c3[C@H]2c2ccc(C(C)C)cc2)no1. The molecule has 1 aliphatic rings. The Morgan fingerprint density at radius 3 is 2.41 bits per heavy atom. The van der Waals surface area contributed by atoms with Crippen molar-refractivity contribution in [2.75, 3.05) is 4.90 Å². The van der Waals surface area contributed by atoms with Gasteiger partial charge < -0.3 is 8.94 Å². The third kappa shape index (κ3) is 2.91. The van der Waals surface area contributed by atoms with E-state index in [9.17, 15) is 9.59 Å². The van der Waals surface area contributed by atoms with Gasteiger partial charge in [0.2, 0.25) is 5.76 Å². The Hall–Kier alpha value is -4.19. The van der Waals surface area contributed by atoms with Crippen molar-refractivity contribution in [2.24, 2.45) is 0 Å². The van der Waals surface area contributed by atoms with Gasteiger partial charge in [0.25, 0.3) is 5.91 Å². The maximum absolute atomic E-state index is 13.9. The first-order valence-electron chi connectivity index (χ1n) is 11.3. The summed E-state index contributed by atoms with van der Waals surface area (Å²) in [6.07, 6.45) is 0. The molecule has 168 valence electrons. The van der Waals surface area contributed by atoms with Gasteiger partial charge in [-0.15, -0.1) is 0 Å². The molecule has 0 bridgehead atoms. The fraction of sp³-hybridized carbons (Fsp3) is 0.179. The Morgan fingerprint density at radius 1 is 0.941 bits per heavy atom. The minimum atomic E-state index is -0.666. The number of hydrogen-bond acceptors (Lipinski definition) is 5. The number of hydrogen-bond donors (Lipinski definition) is 0. The van der Waals surface area contributed by atoms with Crippen molar-refractivity contribution in [1.82, 2.24) is 5.16 Å². The molecule has 1 atom stereocenters. The highest BCUT2D eigenvalue weighted by Gasteiger charge is 2.45. The van der Waals surface area contributed by atoms with Crippen molar-refractivity contribution in [3.8, 4) is 0 Å². The zero-order chi connectivity index (χ0) is 23.6. The molecule has 0 saturated carbocycles. The molecule has 3 heterocycles. The first-order valence-corrected chi connectivity index (χ1v) is 11.3. The summed E-state index contributed by atoms with van der Waals surface area (Å²) in [6, 6.07) is 20.4. The largest absolute Gasteiger partial charge is 0.450 e. The van der Waals surface area contributed by atoms with Gasteiger partial charge in [-0.3, -0.25) is 14.5 Å². The third-order valence-corrected chi connectivity index (χ3v) is 6.54. The van der Waals surface area contributed by atoms with E-state index in [-0.39, 0.29) is 11.2 Å². The van der Waals surface area contributed by atoms with Crippen molar-refractivity contribution in [1.29, 1.82) is 0 Å². The monoisotopic (exact) mass is 450 g/mol. The van der Waals surface area contributed by atoms with Gasteiger partial charge in [0, 0.05) is 11.5 Å². The minimum absolute atomic E-state index is 0.0486. The lowest BCUT2D eigenvalue weighted by Crippen LogP contribution is -2.29. The van der Waals surface area contributed by atoms with Crippen LogP contribution in [0.25, 0.3) is 21.7 Å². The first-order chi connectivity index (χ1) is 16.4. The Labute approximate surface area is 195 Å². The van der Waals surface area contributed by atoms with E-state index in [2.05, 4.69) is 19.0 Å². The Bertz CT molecular complexity index is 1640. The zero-order valence-electron chi connectivity index (χ0n) is 19.0. The fourth-order valence-corrected chi connectivity index (χ4v) is 4.78. The summed E-state index contributed by atoms with van der Waals surface area (Å²) in [5.74, 6) is 0.923. The van der Waals surface area contributed by atoms with E-state index in [1.807, 2.05) is 54.6 Å². The molecule has 0 N–H and O–H groups in total. The zero-order valence-corrected chi connectivity index (χ0v) is 19.0. The van der Waals surface area contributed by atoms with Crippen molar-refractivity contribution in [2.45, 2.75) is 32.7 Å². The van der Waals surface area contributed by atoms with Crippen molar-refractivity contribution >= 4 is 33.5 Å². The molecular formula is C28H22N2O4. The van der Waals surface area contributed by atoms with Crippen molar-refractivity contribution < 1.29 is 13.7 Å². The summed E-state index contributed by atoms with van der Waals surface area (Å²) in [5, 5.41) is 6.27. The van der Waals surface area contributed by atoms with E-state index < -0.39 is 11.9 Å². The molecular weight excluding hydrogens is 428 g/mol. The molecule has 2 aromatic heterocycles. The molecule has 0 unspecified atom stereocenters. The summed E-state index contributed by atoms with van der Waals surface area (Å²) in [6.45, 7) is 6.01. The highest BCUT2D eigenvalue weighted by Crippen LogP contribution is 2.41. The predicted octanol–water partition coefficient (Wildman–Crippen LogP) is 6.12. The molecule has 6 nitrogen and oxygen atoms in total. The summed E-state index contributed by atoms with van der Waals surface area (Å²) in [5.41, 5.74) is 2.52. The highest BCUT2D eigenvalue weighted by atomic mass is 16.5. The van der Waals surface area contributed by atoms with Crippen LogP contribution in [0.2, 0.25) is 0 Å². The maximum atomic E-state index is 13.9. The Kier molecular flexibility index (Phi) is 4.45. The summed E-state index contributed by atoms with van der Waals surface area (Å²) >= 11 is 0. The second kappa shape index (κ2) is 7.42. The van der Waals surface area contributed by atoms with Gasteiger partial charge >= 0.3 is 0 Å². The molecule has 0 radical (unpaired) electrons. The van der Waals surface area contributed by atoms with Gasteiger partial charge in [-0.1, -0.05) is 73.6 Å². The number of fused-ring (bicyclic) bond motifs is 4. The lowest BCUT2D eigenvalue weighted by atomic mass is 9.95. The smallest absolute Gasteiger partial charge is 0.296 e. The normalized spacial score (nSPS) is 15.6. The van der Waals surface area contributed by atoms with Crippen LogP contribution in [0.5, 0.6) is 0 Å². The second-order valence-electron chi connectivity index (χ2n) is 9.03. The van der Waals surface area contributed by atoms with Gasteiger partial charge in [0.1, 0.15) is 11.3 Å². The topological polar surface area (TPSA) is 76.6 Å². The van der Waals surface area contributed by atoms with Gasteiger partial charge in [-0.25, -0.2) is 0 Å². The van der Waals surface area contributed by atoms with Crippen molar-refractivity contribution in [3.05, 3.63) is 105 Å². The summed E-state index contributed by atoms with van der Waals surface area (Å²) in [4.78, 5) is 29.1. The maximum Gasteiger partial charge on any atom is 0.296 e. The van der Waals surface area contributed by atoms with E-state index >= 15 is 0 Å². The predicted molar refractivity (Wildman–Crippen MR) is 130 cm³/mol. The van der Waals surface area contributed by atoms with Gasteiger partial charge in [-0.05, 0) is 35.4 Å². The van der Waals surface area contributed by atoms with Gasteiger partial charge in [0.15, 0.2) is 11.2 Å². The standard InChI is InChI=1S/C28H22N2O4/c1-15(2)17-8-10-19(11-9-17)24-23-25(31)21-13-12-18-6-4-5-7-20(18)26(21)33-27(23)28(32)30(24)22-14-16(3)34-29-22/h4-15,24H,1-3H3/t24-/m1/s1. The van der Waals surface area contributed by atoms with E-state index in [0.29, 0.717) is 34.0 Å². The van der Waals surface area contributed by atoms with E-state index in [4.69, 9.17) is 8.94 Å². The van der Waals surface area contributed by atoms with Crippen LogP contribution < -0.4 is 10.3 Å². The van der Waals surface area contributed by atoms with Crippen LogP contribution in [0.4, 0.5) is 5.82 Å². The number of rotatable bonds is 3. The first kappa shape index (κ1) is 20.4. The molecule has 1 aliphatic heterocycles. The highest BCUT2D eigenvalue weighted by molar-refractivity contribution is 6.12. The number of carbonyl (C=O) groups excluding carboxylic acids is 1. The minimum Gasteiger partial charge on any atom is -0.450 e. The van der Waals surface area contributed by atoms with Crippen LogP contribution in [0.15, 0.2) is 80.5 Å². The molecule has 34 heavy (non-hydrogen) atoms. The van der Waals surface area contributed by atoms with Crippen LogP contribution in [-0.4, -0.2) is 11.1 Å². The second-order valence-corrected chi connectivity index (χ2v) is 9.03. The lowest BCUT2D eigenvalue weighted by Gasteiger charge is -2.22. The van der Waals surface area contributed by atoms with Crippen LogP contribution in [-0.2, 0) is 0 Å². The molecule has 0 saturated heterocycles. The lowest BCUT2D eigenvalue weighted by molar-refractivity contribution is 0.0969. The number of benzene rings is 3. The average molecular weight is 450 g/mol. The third-order valence-electron chi connectivity index (χ3n) is 6.54. The van der Waals surface area contributed by atoms with Gasteiger partial charge in [-0.2, -0.15) is 0 Å². The molecule has 5 aromatic rings. The fourth-order valence-electron chi connectivity index (χ4n) is 4.78. The Morgan fingerprint density at radius 2 is 1.71 bits per heavy atom. The summed E-state index contributed by atoms with van der Waals surface area (Å²) < 4.78 is 11.5. The summed E-state index contributed by atoms with van der Waals surface area (Å²) in [7, 11) is 0. The molecule has 3 aromatic carbocycles. The van der Waals surface area contributed by atoms with Crippen LogP contribution >= 0.6 is 0 Å². The van der Waals surface area contributed by atoms with Crippen molar-refractivity contribution in [3.63, 3.8) is 0 Å². The number of aryl methyl sites for hydroxylation is 1. The van der Waals surface area contributed by atoms with E-state index in [1.165, 1.54) is 10.5 Å². The molecule has 6 heteroatoms. The van der Waals surface area contributed by atoms with E-state index in [1.54, 1.807) is 19.1 Å². The number of amides is 1. The average Bonchev–Trinajstić information content (AvgIpc) is 3.40. The van der Waals surface area contributed by atoms with E-state index in [0.717, 1.165) is 16.3 Å². The van der Waals surface area contributed by atoms with Gasteiger partial charge in [0.05, 0.1) is 17.0 Å². The number of carbonyl (C=O) groups is 1. The molecule has 0 fully saturated rings. The van der Waals surface area contributed by atoms with Crippen LogP contribution in [0, 0.1) is 6.92 Å². The quantitative estimate of drug-likeness (QED) is 0.310. The van der Waals surface area contributed by atoms with Crippen LogP contribution in [0.3, 0.4) is 0 Å².